The molecule has 164 valence electrons. The predicted octanol–water partition coefficient (Wildman–Crippen LogP) is 4.82. The van der Waals surface area contributed by atoms with E-state index in [4.69, 9.17) is 10.5 Å². The third-order valence-electron chi connectivity index (χ3n) is 6.42. The third kappa shape index (κ3) is 4.09. The van der Waals surface area contributed by atoms with Crippen molar-refractivity contribution in [3.05, 3.63) is 87.0 Å². The van der Waals surface area contributed by atoms with Crippen LogP contribution in [0.2, 0.25) is 0 Å². The van der Waals surface area contributed by atoms with E-state index in [0.29, 0.717) is 26.2 Å². The Kier molecular flexibility index (Phi) is 6.06. The standard InChI is InChI=1S/C26H26IN3O2/c27-19-13-18(16-28)14-20(15-19)29-9-11-30(12-10-29)26(31)32-17-25-23-7-3-1-5-21(23)22-6-2-4-8-24(22)25/h1-8,13-15,25H,9-12,16-17,28H2. The minimum Gasteiger partial charge on any atom is -0.448 e. The summed E-state index contributed by atoms with van der Waals surface area (Å²) in [5.74, 6) is 0.0914. The first-order valence-electron chi connectivity index (χ1n) is 11.0. The van der Waals surface area contributed by atoms with E-state index < -0.39 is 0 Å². The summed E-state index contributed by atoms with van der Waals surface area (Å²) in [7, 11) is 0. The number of nitrogens with two attached hydrogens (primary N) is 1. The second-order valence-corrected chi connectivity index (χ2v) is 9.55. The predicted molar refractivity (Wildman–Crippen MR) is 136 cm³/mol. The molecule has 3 aromatic rings. The van der Waals surface area contributed by atoms with Crippen molar-refractivity contribution in [3.63, 3.8) is 0 Å². The molecule has 0 radical (unpaired) electrons. The van der Waals surface area contributed by atoms with Gasteiger partial charge in [0.25, 0.3) is 0 Å². The van der Waals surface area contributed by atoms with Gasteiger partial charge in [-0.3, -0.25) is 0 Å². The van der Waals surface area contributed by atoms with Crippen molar-refractivity contribution in [1.82, 2.24) is 4.90 Å². The monoisotopic (exact) mass is 539 g/mol. The lowest BCUT2D eigenvalue weighted by Gasteiger charge is -2.36. The minimum atomic E-state index is -0.225. The summed E-state index contributed by atoms with van der Waals surface area (Å²) in [6.45, 7) is 3.77. The van der Waals surface area contributed by atoms with E-state index in [2.05, 4.69) is 94.2 Å². The molecule has 1 aliphatic heterocycles. The van der Waals surface area contributed by atoms with Gasteiger partial charge in [0.2, 0.25) is 0 Å². The van der Waals surface area contributed by atoms with Gasteiger partial charge < -0.3 is 20.3 Å². The Hall–Kier alpha value is -2.58. The Balaban J connectivity index is 1.22. The molecule has 1 saturated heterocycles. The summed E-state index contributed by atoms with van der Waals surface area (Å²) in [6.07, 6.45) is -0.225. The van der Waals surface area contributed by atoms with Gasteiger partial charge in [0, 0.05) is 47.9 Å². The van der Waals surface area contributed by atoms with E-state index in [1.165, 1.54) is 31.5 Å². The number of piperazine rings is 1. The quantitative estimate of drug-likeness (QED) is 0.484. The smallest absolute Gasteiger partial charge is 0.409 e. The maximum atomic E-state index is 12.8. The fourth-order valence-corrected chi connectivity index (χ4v) is 5.49. The molecule has 0 unspecified atom stereocenters. The summed E-state index contributed by atoms with van der Waals surface area (Å²) < 4.78 is 7.01. The highest BCUT2D eigenvalue weighted by atomic mass is 127. The number of carbonyl (C=O) groups excluding carboxylic acids is 1. The summed E-state index contributed by atoms with van der Waals surface area (Å²) in [5.41, 5.74) is 13.1. The number of hydrogen-bond acceptors (Lipinski definition) is 4. The maximum absolute atomic E-state index is 12.8. The van der Waals surface area contributed by atoms with E-state index >= 15 is 0 Å². The van der Waals surface area contributed by atoms with Gasteiger partial charge in [-0.2, -0.15) is 0 Å². The molecule has 6 heteroatoms. The number of benzene rings is 3. The second-order valence-electron chi connectivity index (χ2n) is 8.30. The Morgan fingerprint density at radius 1 is 0.938 bits per heavy atom. The molecule has 0 atom stereocenters. The van der Waals surface area contributed by atoms with Crippen molar-refractivity contribution in [1.29, 1.82) is 0 Å². The average Bonchev–Trinajstić information content (AvgIpc) is 3.16. The van der Waals surface area contributed by atoms with Gasteiger partial charge in [-0.25, -0.2) is 4.79 Å². The molecule has 32 heavy (non-hydrogen) atoms. The number of hydrogen-bond donors (Lipinski definition) is 1. The van der Waals surface area contributed by atoms with Crippen LogP contribution in [0.4, 0.5) is 10.5 Å². The van der Waals surface area contributed by atoms with Gasteiger partial charge in [-0.15, -0.1) is 0 Å². The van der Waals surface area contributed by atoms with Gasteiger partial charge in [-0.1, -0.05) is 48.5 Å². The Morgan fingerprint density at radius 2 is 1.56 bits per heavy atom. The van der Waals surface area contributed by atoms with Crippen LogP contribution >= 0.6 is 22.6 Å². The average molecular weight is 539 g/mol. The van der Waals surface area contributed by atoms with Crippen LogP contribution in [0, 0.1) is 3.57 Å². The first kappa shape index (κ1) is 21.3. The Labute approximate surface area is 202 Å². The van der Waals surface area contributed by atoms with E-state index in [9.17, 15) is 4.79 Å². The van der Waals surface area contributed by atoms with Crippen LogP contribution in [-0.2, 0) is 11.3 Å². The van der Waals surface area contributed by atoms with E-state index in [0.717, 1.165) is 18.7 Å². The fourth-order valence-electron chi connectivity index (χ4n) is 4.77. The van der Waals surface area contributed by atoms with Crippen LogP contribution in [0.1, 0.15) is 22.6 Å². The van der Waals surface area contributed by atoms with E-state index in [-0.39, 0.29) is 12.0 Å². The summed E-state index contributed by atoms with van der Waals surface area (Å²) in [5, 5.41) is 0. The summed E-state index contributed by atoms with van der Waals surface area (Å²) in [4.78, 5) is 17.0. The van der Waals surface area contributed by atoms with Crippen LogP contribution in [0.25, 0.3) is 11.1 Å². The lowest BCUT2D eigenvalue weighted by Crippen LogP contribution is -2.49. The molecule has 1 fully saturated rings. The van der Waals surface area contributed by atoms with Gasteiger partial charge >= 0.3 is 6.09 Å². The zero-order chi connectivity index (χ0) is 22.1. The number of ether oxygens (including phenoxy) is 1. The first-order valence-corrected chi connectivity index (χ1v) is 12.1. The lowest BCUT2D eigenvalue weighted by molar-refractivity contribution is 0.0977. The number of nitrogens with zero attached hydrogens (tertiary/aromatic N) is 2. The van der Waals surface area contributed by atoms with E-state index in [1.807, 2.05) is 4.90 Å². The molecule has 0 aromatic heterocycles. The molecule has 1 aliphatic carbocycles. The zero-order valence-electron chi connectivity index (χ0n) is 17.8. The second kappa shape index (κ2) is 9.11. The van der Waals surface area contributed by atoms with Crippen LogP contribution in [0.15, 0.2) is 66.7 Å². The van der Waals surface area contributed by atoms with Crippen molar-refractivity contribution in [2.45, 2.75) is 12.5 Å². The van der Waals surface area contributed by atoms with Gasteiger partial charge in [-0.05, 0) is 68.6 Å². The van der Waals surface area contributed by atoms with Crippen LogP contribution in [-0.4, -0.2) is 43.8 Å². The van der Waals surface area contributed by atoms with Crippen molar-refractivity contribution < 1.29 is 9.53 Å². The zero-order valence-corrected chi connectivity index (χ0v) is 20.0. The number of fused-ring (bicyclic) bond motifs is 3. The molecule has 3 aromatic carbocycles. The van der Waals surface area contributed by atoms with Crippen LogP contribution < -0.4 is 10.6 Å². The third-order valence-corrected chi connectivity index (χ3v) is 7.04. The first-order chi connectivity index (χ1) is 15.6. The summed E-state index contributed by atoms with van der Waals surface area (Å²) in [6, 6.07) is 23.2. The largest absolute Gasteiger partial charge is 0.448 e. The molecule has 0 spiro atoms. The highest BCUT2D eigenvalue weighted by Gasteiger charge is 2.30. The number of rotatable bonds is 4. The highest BCUT2D eigenvalue weighted by Crippen LogP contribution is 2.44. The topological polar surface area (TPSA) is 58.8 Å². The van der Waals surface area contributed by atoms with Crippen LogP contribution in [0.3, 0.4) is 0 Å². The number of halogens is 1. The molecular formula is C26H26IN3O2. The van der Waals surface area contributed by atoms with Crippen molar-refractivity contribution in [3.8, 4) is 11.1 Å². The highest BCUT2D eigenvalue weighted by molar-refractivity contribution is 14.1. The van der Waals surface area contributed by atoms with E-state index in [1.54, 1.807) is 0 Å². The fraction of sp³-hybridized carbons (Fsp3) is 0.269. The molecule has 1 amide bonds. The number of anilines is 1. The Morgan fingerprint density at radius 3 is 2.19 bits per heavy atom. The van der Waals surface area contributed by atoms with Crippen LogP contribution in [0.5, 0.6) is 0 Å². The normalized spacial score (nSPS) is 15.4. The maximum Gasteiger partial charge on any atom is 0.409 e. The van der Waals surface area contributed by atoms with Crippen molar-refractivity contribution in [2.75, 3.05) is 37.7 Å². The molecule has 5 nitrogen and oxygen atoms in total. The minimum absolute atomic E-state index is 0.0914. The molecule has 0 saturated carbocycles. The Bertz CT molecular complexity index is 1100. The van der Waals surface area contributed by atoms with Gasteiger partial charge in [0.1, 0.15) is 6.61 Å². The SMILES string of the molecule is NCc1cc(I)cc(N2CCN(C(=O)OCC3c4ccccc4-c4ccccc43)CC2)c1. The summed E-state index contributed by atoms with van der Waals surface area (Å²) >= 11 is 2.33. The van der Waals surface area contributed by atoms with Crippen molar-refractivity contribution in [2.24, 2.45) is 5.73 Å². The molecule has 1 heterocycles. The number of amides is 1. The molecule has 2 aliphatic rings. The van der Waals surface area contributed by atoms with Gasteiger partial charge in [0.15, 0.2) is 0 Å². The van der Waals surface area contributed by atoms with Crippen molar-refractivity contribution >= 4 is 34.4 Å². The molecular weight excluding hydrogens is 513 g/mol. The molecule has 2 N–H and O–H groups in total. The molecule has 0 bridgehead atoms. The lowest BCUT2D eigenvalue weighted by atomic mass is 9.98. The number of carbonyl (C=O) groups is 1. The van der Waals surface area contributed by atoms with Gasteiger partial charge in [0.05, 0.1) is 0 Å². The molecule has 5 rings (SSSR count).